The van der Waals surface area contributed by atoms with E-state index >= 15 is 0 Å². The highest BCUT2D eigenvalue weighted by molar-refractivity contribution is 7.92. The third-order valence-electron chi connectivity index (χ3n) is 2.60. The van der Waals surface area contributed by atoms with Crippen LogP contribution in [0.15, 0.2) is 48.5 Å². The number of hydrogen-bond donors (Lipinski definition) is 0. The van der Waals surface area contributed by atoms with E-state index in [1.165, 1.54) is 10.6 Å². The summed E-state index contributed by atoms with van der Waals surface area (Å²) in [4.78, 5) is 0. The van der Waals surface area contributed by atoms with Crippen LogP contribution in [0.2, 0.25) is 5.02 Å². The van der Waals surface area contributed by atoms with Gasteiger partial charge in [-0.3, -0.25) is 4.31 Å². The molecule has 5 heteroatoms. The number of rotatable bonds is 4. The van der Waals surface area contributed by atoms with E-state index in [0.29, 0.717) is 10.7 Å². The van der Waals surface area contributed by atoms with Crippen molar-refractivity contribution >= 4 is 27.3 Å². The Balaban J connectivity index is 2.33. The van der Waals surface area contributed by atoms with Crippen molar-refractivity contribution in [3.05, 3.63) is 65.2 Å². The highest BCUT2D eigenvalue weighted by Gasteiger charge is 2.17. The molecule has 99 valence electrons. The van der Waals surface area contributed by atoms with Crippen molar-refractivity contribution in [1.29, 1.82) is 0 Å². The molecule has 0 saturated carbocycles. The molecular formula is C14H13ClNO2S. The van der Waals surface area contributed by atoms with Gasteiger partial charge in [-0.1, -0.05) is 41.9 Å². The van der Waals surface area contributed by atoms with E-state index in [9.17, 15) is 8.42 Å². The van der Waals surface area contributed by atoms with Gasteiger partial charge in [0, 0.05) is 11.1 Å². The maximum atomic E-state index is 11.9. The molecule has 2 rings (SSSR count). The van der Waals surface area contributed by atoms with Crippen LogP contribution in [0, 0.1) is 6.07 Å². The standard InChI is InChI=1S/C14H13ClNO2S/c1-19(17,18)16(14-5-3-2-4-6-14)11-12-7-9-13(15)10-8-12/h2-5,7-10H,11H2,1H3. The number of hydrogen-bond acceptors (Lipinski definition) is 2. The monoisotopic (exact) mass is 294 g/mol. The van der Waals surface area contributed by atoms with Crippen LogP contribution in [0.25, 0.3) is 0 Å². The van der Waals surface area contributed by atoms with Gasteiger partial charge in [0.25, 0.3) is 0 Å². The van der Waals surface area contributed by atoms with Crippen molar-refractivity contribution in [3.63, 3.8) is 0 Å². The Morgan fingerprint density at radius 1 is 1.16 bits per heavy atom. The van der Waals surface area contributed by atoms with E-state index in [1.807, 2.05) is 12.1 Å². The second kappa shape index (κ2) is 5.63. The van der Waals surface area contributed by atoms with E-state index in [4.69, 9.17) is 11.6 Å². The summed E-state index contributed by atoms with van der Waals surface area (Å²) >= 11 is 5.82. The zero-order valence-corrected chi connectivity index (χ0v) is 11.9. The Morgan fingerprint density at radius 3 is 2.37 bits per heavy atom. The summed E-state index contributed by atoms with van der Waals surface area (Å²) in [5.41, 5.74) is 1.40. The molecule has 0 aliphatic carbocycles. The summed E-state index contributed by atoms with van der Waals surface area (Å²) in [7, 11) is -3.36. The second-order valence-corrected chi connectivity index (χ2v) is 6.49. The summed E-state index contributed by atoms with van der Waals surface area (Å²) in [6.45, 7) is 0.260. The Morgan fingerprint density at radius 2 is 1.84 bits per heavy atom. The first kappa shape index (κ1) is 13.9. The lowest BCUT2D eigenvalue weighted by atomic mass is 10.2. The number of halogens is 1. The molecule has 3 nitrogen and oxygen atoms in total. The van der Waals surface area contributed by atoms with Crippen LogP contribution in [0.1, 0.15) is 5.56 Å². The van der Waals surface area contributed by atoms with Gasteiger partial charge in [0.15, 0.2) is 0 Å². The predicted octanol–water partition coefficient (Wildman–Crippen LogP) is 3.11. The lowest BCUT2D eigenvalue weighted by Crippen LogP contribution is -2.29. The van der Waals surface area contributed by atoms with Crippen molar-refractivity contribution in [2.24, 2.45) is 0 Å². The minimum Gasteiger partial charge on any atom is -0.265 e. The Hall–Kier alpha value is -1.52. The van der Waals surface area contributed by atoms with Crippen LogP contribution in [-0.2, 0) is 16.6 Å². The summed E-state index contributed by atoms with van der Waals surface area (Å²) in [6.07, 6.45) is 1.18. The van der Waals surface area contributed by atoms with Crippen molar-refractivity contribution in [1.82, 2.24) is 0 Å². The molecule has 0 aliphatic heterocycles. The smallest absolute Gasteiger partial charge is 0.232 e. The van der Waals surface area contributed by atoms with Crippen molar-refractivity contribution in [3.8, 4) is 0 Å². The molecule has 0 heterocycles. The fourth-order valence-electron chi connectivity index (χ4n) is 1.68. The zero-order chi connectivity index (χ0) is 13.9. The summed E-state index contributed by atoms with van der Waals surface area (Å²) < 4.78 is 25.1. The molecule has 2 aromatic rings. The Labute approximate surface area is 118 Å². The quantitative estimate of drug-likeness (QED) is 0.869. The number of para-hydroxylation sites is 1. The van der Waals surface area contributed by atoms with E-state index in [-0.39, 0.29) is 6.54 Å². The van der Waals surface area contributed by atoms with Gasteiger partial charge in [0.05, 0.1) is 18.5 Å². The highest BCUT2D eigenvalue weighted by atomic mass is 35.5. The Bertz CT molecular complexity index is 639. The largest absolute Gasteiger partial charge is 0.265 e. The molecule has 0 bridgehead atoms. The van der Waals surface area contributed by atoms with Crippen molar-refractivity contribution in [2.45, 2.75) is 6.54 Å². The fraction of sp³-hybridized carbons (Fsp3) is 0.143. The van der Waals surface area contributed by atoms with Gasteiger partial charge in [-0.2, -0.15) is 0 Å². The van der Waals surface area contributed by atoms with E-state index < -0.39 is 10.0 Å². The maximum absolute atomic E-state index is 11.9. The molecule has 1 radical (unpaired) electrons. The van der Waals surface area contributed by atoms with Gasteiger partial charge < -0.3 is 0 Å². The molecule has 2 aromatic carbocycles. The third kappa shape index (κ3) is 3.72. The molecule has 0 unspecified atom stereocenters. The molecule has 19 heavy (non-hydrogen) atoms. The lowest BCUT2D eigenvalue weighted by Gasteiger charge is -2.22. The van der Waals surface area contributed by atoms with Crippen molar-refractivity contribution < 1.29 is 8.42 Å². The van der Waals surface area contributed by atoms with E-state index in [0.717, 1.165) is 5.56 Å². The Kier molecular flexibility index (Phi) is 4.12. The predicted molar refractivity (Wildman–Crippen MR) is 77.8 cm³/mol. The van der Waals surface area contributed by atoms with Gasteiger partial charge in [-0.05, 0) is 23.8 Å². The van der Waals surface area contributed by atoms with Gasteiger partial charge in [0.1, 0.15) is 0 Å². The van der Waals surface area contributed by atoms with Crippen molar-refractivity contribution in [2.75, 3.05) is 10.6 Å². The minimum atomic E-state index is -3.36. The number of nitrogens with zero attached hydrogens (tertiary/aromatic N) is 1. The second-order valence-electron chi connectivity index (χ2n) is 4.14. The molecule has 0 fully saturated rings. The van der Waals surface area contributed by atoms with Crippen LogP contribution >= 0.6 is 11.6 Å². The molecule has 0 amide bonds. The first-order valence-electron chi connectivity index (χ1n) is 5.66. The van der Waals surface area contributed by atoms with Crippen LogP contribution < -0.4 is 4.31 Å². The number of anilines is 1. The summed E-state index contributed by atoms with van der Waals surface area (Å²) in [5.74, 6) is 0. The molecule has 0 N–H and O–H groups in total. The van der Waals surface area contributed by atoms with Gasteiger partial charge in [-0.15, -0.1) is 0 Å². The van der Waals surface area contributed by atoms with Crippen LogP contribution in [-0.4, -0.2) is 14.7 Å². The molecule has 0 spiro atoms. The van der Waals surface area contributed by atoms with Crippen LogP contribution in [0.3, 0.4) is 0 Å². The third-order valence-corrected chi connectivity index (χ3v) is 3.98. The molecule has 0 aromatic heterocycles. The summed E-state index contributed by atoms with van der Waals surface area (Å²) in [5, 5.41) is 0.626. The van der Waals surface area contributed by atoms with Gasteiger partial charge in [-0.25, -0.2) is 8.42 Å². The molecule has 0 atom stereocenters. The average Bonchev–Trinajstić information content (AvgIpc) is 2.37. The topological polar surface area (TPSA) is 37.4 Å². The van der Waals surface area contributed by atoms with E-state index in [2.05, 4.69) is 6.07 Å². The molecule has 0 aliphatic rings. The zero-order valence-electron chi connectivity index (χ0n) is 10.4. The number of benzene rings is 2. The van der Waals surface area contributed by atoms with Crippen LogP contribution in [0.4, 0.5) is 5.69 Å². The average molecular weight is 295 g/mol. The van der Waals surface area contributed by atoms with Crippen LogP contribution in [0.5, 0.6) is 0 Å². The first-order chi connectivity index (χ1) is 8.97. The minimum absolute atomic E-state index is 0.260. The molecular weight excluding hydrogens is 282 g/mol. The van der Waals surface area contributed by atoms with Gasteiger partial charge in [0.2, 0.25) is 10.0 Å². The fourth-order valence-corrected chi connectivity index (χ4v) is 2.66. The SMILES string of the molecule is CS(=O)(=O)N(Cc1ccc(Cl)cc1)c1[c]cccc1. The summed E-state index contributed by atoms with van der Waals surface area (Å²) in [6, 6.07) is 17.0. The van der Waals surface area contributed by atoms with Gasteiger partial charge >= 0.3 is 0 Å². The molecule has 0 saturated heterocycles. The highest BCUT2D eigenvalue weighted by Crippen LogP contribution is 2.20. The van der Waals surface area contributed by atoms with E-state index in [1.54, 1.807) is 36.4 Å². The normalized spacial score (nSPS) is 11.3. The number of sulfonamides is 1. The lowest BCUT2D eigenvalue weighted by molar-refractivity contribution is 0.596. The maximum Gasteiger partial charge on any atom is 0.232 e. The first-order valence-corrected chi connectivity index (χ1v) is 7.88.